The van der Waals surface area contributed by atoms with Gasteiger partial charge in [-0.05, 0) is 42.5 Å². The van der Waals surface area contributed by atoms with Gasteiger partial charge in [0.25, 0.3) is 0 Å². The van der Waals surface area contributed by atoms with E-state index in [0.717, 1.165) is 4.70 Å². The number of anilines is 3. The lowest BCUT2D eigenvalue weighted by atomic mass is 10.3. The molecule has 1 aromatic heterocycles. The Kier molecular flexibility index (Phi) is 4.64. The Morgan fingerprint density at radius 1 is 1.00 bits per heavy atom. The van der Waals surface area contributed by atoms with E-state index in [9.17, 15) is 9.59 Å². The first-order valence-electron chi connectivity index (χ1n) is 7.01. The molecule has 3 aromatic rings. The summed E-state index contributed by atoms with van der Waals surface area (Å²) in [5, 5.41) is 9.23. The van der Waals surface area contributed by atoms with Crippen LogP contribution in [0.2, 0.25) is 5.02 Å². The largest absolute Gasteiger partial charge is 0.323 e. The second kappa shape index (κ2) is 6.86. The van der Waals surface area contributed by atoms with Crippen molar-refractivity contribution in [1.82, 2.24) is 4.98 Å². The maximum Gasteiger partial charge on any atom is 0.323 e. The lowest BCUT2D eigenvalue weighted by Gasteiger charge is -2.07. The van der Waals surface area contributed by atoms with Crippen LogP contribution in [0.4, 0.5) is 21.3 Å². The van der Waals surface area contributed by atoms with Gasteiger partial charge in [0.1, 0.15) is 0 Å². The monoisotopic (exact) mass is 360 g/mol. The van der Waals surface area contributed by atoms with Gasteiger partial charge in [-0.2, -0.15) is 0 Å². The van der Waals surface area contributed by atoms with Gasteiger partial charge in [0.15, 0.2) is 5.13 Å². The van der Waals surface area contributed by atoms with Crippen LogP contribution in [0.5, 0.6) is 0 Å². The highest BCUT2D eigenvalue weighted by Gasteiger charge is 2.08. The van der Waals surface area contributed by atoms with E-state index < -0.39 is 0 Å². The number of carbonyl (C=O) groups is 2. The molecular formula is C16H13ClN4O2S. The number of benzene rings is 2. The molecule has 0 saturated carbocycles. The summed E-state index contributed by atoms with van der Waals surface area (Å²) in [7, 11) is 0. The SMILES string of the molecule is CC(=O)Nc1nc2cc(NC(=O)Nc3ccc(Cl)cc3)ccc2s1. The summed E-state index contributed by atoms with van der Waals surface area (Å²) < 4.78 is 0.919. The van der Waals surface area contributed by atoms with Gasteiger partial charge >= 0.3 is 6.03 Å². The molecule has 3 N–H and O–H groups in total. The second-order valence-electron chi connectivity index (χ2n) is 4.97. The summed E-state index contributed by atoms with van der Waals surface area (Å²) in [5.74, 6) is -0.172. The van der Waals surface area contributed by atoms with E-state index in [1.807, 2.05) is 6.07 Å². The Labute approximate surface area is 146 Å². The van der Waals surface area contributed by atoms with E-state index in [1.54, 1.807) is 36.4 Å². The molecule has 0 aliphatic rings. The number of carbonyl (C=O) groups excluding carboxylic acids is 2. The highest BCUT2D eigenvalue weighted by molar-refractivity contribution is 7.22. The molecule has 3 rings (SSSR count). The van der Waals surface area contributed by atoms with Gasteiger partial charge < -0.3 is 16.0 Å². The van der Waals surface area contributed by atoms with Crippen molar-refractivity contribution in [1.29, 1.82) is 0 Å². The molecule has 24 heavy (non-hydrogen) atoms. The zero-order valence-electron chi connectivity index (χ0n) is 12.6. The van der Waals surface area contributed by atoms with Crippen molar-refractivity contribution in [2.24, 2.45) is 0 Å². The Morgan fingerprint density at radius 2 is 1.67 bits per heavy atom. The fourth-order valence-corrected chi connectivity index (χ4v) is 3.05. The molecule has 2 aromatic carbocycles. The molecule has 0 aliphatic heterocycles. The van der Waals surface area contributed by atoms with Crippen LogP contribution in [0.25, 0.3) is 10.2 Å². The van der Waals surface area contributed by atoms with E-state index in [0.29, 0.717) is 27.0 Å². The van der Waals surface area contributed by atoms with Crippen LogP contribution >= 0.6 is 22.9 Å². The van der Waals surface area contributed by atoms with E-state index in [-0.39, 0.29) is 11.9 Å². The molecule has 3 amide bonds. The first-order valence-corrected chi connectivity index (χ1v) is 8.21. The van der Waals surface area contributed by atoms with Crippen LogP contribution in [0, 0.1) is 0 Å². The number of rotatable bonds is 3. The average Bonchev–Trinajstić information content (AvgIpc) is 2.90. The normalized spacial score (nSPS) is 10.4. The Balaban J connectivity index is 1.71. The number of hydrogen-bond acceptors (Lipinski definition) is 4. The van der Waals surface area contributed by atoms with Crippen LogP contribution in [0.15, 0.2) is 42.5 Å². The Bertz CT molecular complexity index is 908. The van der Waals surface area contributed by atoms with Crippen molar-refractivity contribution in [3.63, 3.8) is 0 Å². The summed E-state index contributed by atoms with van der Waals surface area (Å²) in [6.07, 6.45) is 0. The fourth-order valence-electron chi connectivity index (χ4n) is 2.04. The third-order valence-electron chi connectivity index (χ3n) is 3.03. The predicted octanol–water partition coefficient (Wildman–Crippen LogP) is 4.55. The van der Waals surface area contributed by atoms with Crippen molar-refractivity contribution in [2.45, 2.75) is 6.92 Å². The standard InChI is InChI=1S/C16H13ClN4O2S/c1-9(22)18-16-21-13-8-12(6-7-14(13)24-16)20-15(23)19-11-4-2-10(17)3-5-11/h2-8H,1H3,(H,18,21,22)(H2,19,20,23). The van der Waals surface area contributed by atoms with E-state index in [2.05, 4.69) is 20.9 Å². The molecule has 0 spiro atoms. The number of hydrogen-bond donors (Lipinski definition) is 3. The number of nitrogens with zero attached hydrogens (tertiary/aromatic N) is 1. The van der Waals surface area contributed by atoms with Crippen molar-refractivity contribution >= 4 is 61.6 Å². The van der Waals surface area contributed by atoms with E-state index in [4.69, 9.17) is 11.6 Å². The molecule has 0 atom stereocenters. The minimum atomic E-state index is -0.367. The zero-order chi connectivity index (χ0) is 17.1. The average molecular weight is 361 g/mol. The van der Waals surface area contributed by atoms with Gasteiger partial charge in [0.05, 0.1) is 10.2 Å². The molecule has 0 bridgehead atoms. The molecular weight excluding hydrogens is 348 g/mol. The number of fused-ring (bicyclic) bond motifs is 1. The summed E-state index contributed by atoms with van der Waals surface area (Å²) in [5.41, 5.74) is 1.95. The van der Waals surface area contributed by atoms with Gasteiger partial charge in [0, 0.05) is 23.3 Å². The van der Waals surface area contributed by atoms with Crippen molar-refractivity contribution in [3.8, 4) is 0 Å². The minimum absolute atomic E-state index is 0.172. The molecule has 0 radical (unpaired) electrons. The Morgan fingerprint density at radius 3 is 2.38 bits per heavy atom. The quantitative estimate of drug-likeness (QED) is 0.640. The van der Waals surface area contributed by atoms with Crippen LogP contribution < -0.4 is 16.0 Å². The van der Waals surface area contributed by atoms with Crippen molar-refractivity contribution in [2.75, 3.05) is 16.0 Å². The second-order valence-corrected chi connectivity index (χ2v) is 6.44. The summed E-state index contributed by atoms with van der Waals surface area (Å²) in [6.45, 7) is 1.43. The molecule has 122 valence electrons. The Hall–Kier alpha value is -2.64. The third-order valence-corrected chi connectivity index (χ3v) is 4.23. The highest BCUT2D eigenvalue weighted by atomic mass is 35.5. The molecule has 0 aliphatic carbocycles. The zero-order valence-corrected chi connectivity index (χ0v) is 14.2. The molecule has 0 unspecified atom stereocenters. The first kappa shape index (κ1) is 16.2. The maximum absolute atomic E-state index is 12.0. The number of halogens is 1. The van der Waals surface area contributed by atoms with Gasteiger partial charge in [-0.25, -0.2) is 9.78 Å². The number of thiazole rings is 1. The van der Waals surface area contributed by atoms with Crippen LogP contribution in [0.3, 0.4) is 0 Å². The van der Waals surface area contributed by atoms with E-state index >= 15 is 0 Å². The lowest BCUT2D eigenvalue weighted by molar-refractivity contribution is -0.114. The summed E-state index contributed by atoms with van der Waals surface area (Å²) in [6, 6.07) is 11.8. The first-order chi connectivity index (χ1) is 11.5. The van der Waals surface area contributed by atoms with Gasteiger partial charge in [-0.3, -0.25) is 4.79 Å². The van der Waals surface area contributed by atoms with Crippen LogP contribution in [-0.4, -0.2) is 16.9 Å². The third kappa shape index (κ3) is 4.01. The summed E-state index contributed by atoms with van der Waals surface area (Å²) in [4.78, 5) is 27.4. The van der Waals surface area contributed by atoms with Crippen LogP contribution in [-0.2, 0) is 4.79 Å². The number of urea groups is 1. The number of aromatic nitrogens is 1. The summed E-state index contributed by atoms with van der Waals surface area (Å²) >= 11 is 7.18. The van der Waals surface area contributed by atoms with Crippen molar-refractivity contribution in [3.05, 3.63) is 47.5 Å². The molecule has 8 heteroatoms. The van der Waals surface area contributed by atoms with Gasteiger partial charge in [0.2, 0.25) is 5.91 Å². The smallest absolute Gasteiger partial charge is 0.308 e. The van der Waals surface area contributed by atoms with Gasteiger partial charge in [-0.15, -0.1) is 0 Å². The maximum atomic E-state index is 12.0. The highest BCUT2D eigenvalue weighted by Crippen LogP contribution is 2.28. The van der Waals surface area contributed by atoms with Crippen molar-refractivity contribution < 1.29 is 9.59 Å². The topological polar surface area (TPSA) is 83.1 Å². The van der Waals surface area contributed by atoms with Gasteiger partial charge in [-0.1, -0.05) is 22.9 Å². The lowest BCUT2D eigenvalue weighted by Crippen LogP contribution is -2.19. The fraction of sp³-hybridized carbons (Fsp3) is 0.0625. The predicted molar refractivity (Wildman–Crippen MR) is 98.0 cm³/mol. The molecule has 6 nitrogen and oxygen atoms in total. The molecule has 0 fully saturated rings. The molecule has 1 heterocycles. The number of nitrogens with one attached hydrogen (secondary N) is 3. The van der Waals surface area contributed by atoms with E-state index in [1.165, 1.54) is 18.3 Å². The number of amides is 3. The molecule has 0 saturated heterocycles. The van der Waals surface area contributed by atoms with Crippen LogP contribution in [0.1, 0.15) is 6.92 Å². The minimum Gasteiger partial charge on any atom is -0.308 e.